The molecule has 1 saturated carbocycles. The van der Waals surface area contributed by atoms with Gasteiger partial charge in [0, 0.05) is 17.3 Å². The van der Waals surface area contributed by atoms with Crippen LogP contribution in [0.2, 0.25) is 0 Å². The van der Waals surface area contributed by atoms with Crippen LogP contribution in [-0.4, -0.2) is 23.8 Å². The van der Waals surface area contributed by atoms with E-state index in [-0.39, 0.29) is 11.0 Å². The number of nitrogens with zero attached hydrogens (tertiary/aromatic N) is 1. The molecular weight excluding hydrogens is 261 g/mol. The minimum Gasteiger partial charge on any atom is -0.389 e. The molecule has 0 spiro atoms. The third-order valence-corrected chi connectivity index (χ3v) is 3.04. The predicted octanol–water partition coefficient (Wildman–Crippen LogP) is 2.85. The van der Waals surface area contributed by atoms with Gasteiger partial charge in [0.05, 0.1) is 0 Å². The summed E-state index contributed by atoms with van der Waals surface area (Å²) in [5.74, 6) is 0. The van der Waals surface area contributed by atoms with Crippen molar-refractivity contribution in [2.24, 2.45) is 5.73 Å². The van der Waals surface area contributed by atoms with Gasteiger partial charge >= 0.3 is 6.18 Å². The molecule has 0 radical (unpaired) electrons. The number of nitrogens with two attached hydrogens (primary N) is 1. The lowest BCUT2D eigenvalue weighted by atomic mass is 10.1. The number of rotatable bonds is 4. The van der Waals surface area contributed by atoms with Crippen molar-refractivity contribution in [1.29, 1.82) is 0 Å². The highest BCUT2D eigenvalue weighted by Gasteiger charge is 2.38. The second-order valence-electron chi connectivity index (χ2n) is 4.36. The summed E-state index contributed by atoms with van der Waals surface area (Å²) in [5, 5.41) is 0. The molecule has 1 aliphatic rings. The Balaban J connectivity index is 2.33. The van der Waals surface area contributed by atoms with E-state index in [1.807, 2.05) is 0 Å². The molecule has 0 aromatic heterocycles. The number of thiocarbonyl (C=S) groups is 1. The lowest BCUT2D eigenvalue weighted by Crippen LogP contribution is -2.37. The van der Waals surface area contributed by atoms with E-state index in [0.717, 1.165) is 12.8 Å². The van der Waals surface area contributed by atoms with Crippen LogP contribution >= 0.6 is 12.2 Å². The molecule has 1 fully saturated rings. The number of hydrogen-bond acceptors (Lipinski definition) is 2. The van der Waals surface area contributed by atoms with Gasteiger partial charge in [0.15, 0.2) is 0 Å². The highest BCUT2D eigenvalue weighted by Crippen LogP contribution is 2.35. The Hall–Kier alpha value is -1.30. The van der Waals surface area contributed by atoms with Crippen LogP contribution in [0.5, 0.6) is 0 Å². The van der Waals surface area contributed by atoms with Gasteiger partial charge in [-0.1, -0.05) is 24.4 Å². The Labute approximate surface area is 109 Å². The van der Waals surface area contributed by atoms with Crippen LogP contribution in [0.1, 0.15) is 18.4 Å². The van der Waals surface area contributed by atoms with E-state index in [4.69, 9.17) is 18.0 Å². The highest BCUT2D eigenvalue weighted by atomic mass is 32.1. The van der Waals surface area contributed by atoms with Crippen LogP contribution in [-0.2, 0) is 0 Å². The van der Waals surface area contributed by atoms with Crippen molar-refractivity contribution in [3.05, 3.63) is 29.8 Å². The van der Waals surface area contributed by atoms with Gasteiger partial charge in [-0.25, -0.2) is 0 Å². The maximum Gasteiger partial charge on any atom is 0.405 e. The van der Waals surface area contributed by atoms with Crippen molar-refractivity contribution in [2.45, 2.75) is 25.1 Å². The van der Waals surface area contributed by atoms with Crippen molar-refractivity contribution in [3.63, 3.8) is 0 Å². The van der Waals surface area contributed by atoms with Gasteiger partial charge in [0.25, 0.3) is 0 Å². The van der Waals surface area contributed by atoms with Gasteiger partial charge in [-0.15, -0.1) is 0 Å². The summed E-state index contributed by atoms with van der Waals surface area (Å²) in [6.45, 7) is -0.961. The minimum atomic E-state index is -4.23. The largest absolute Gasteiger partial charge is 0.405 e. The number of halogens is 3. The van der Waals surface area contributed by atoms with E-state index in [0.29, 0.717) is 11.3 Å². The summed E-state index contributed by atoms with van der Waals surface area (Å²) >= 11 is 4.89. The van der Waals surface area contributed by atoms with Crippen molar-refractivity contribution >= 4 is 22.9 Å². The van der Waals surface area contributed by atoms with Crippen molar-refractivity contribution < 1.29 is 13.2 Å². The fourth-order valence-electron chi connectivity index (χ4n) is 1.92. The van der Waals surface area contributed by atoms with Crippen LogP contribution < -0.4 is 10.6 Å². The molecule has 0 unspecified atom stereocenters. The first-order chi connectivity index (χ1) is 8.38. The predicted molar refractivity (Wildman–Crippen MR) is 68.8 cm³/mol. The van der Waals surface area contributed by atoms with Crippen LogP contribution in [0, 0.1) is 0 Å². The first-order valence-electron chi connectivity index (χ1n) is 5.61. The van der Waals surface area contributed by atoms with Crippen molar-refractivity contribution in [2.75, 3.05) is 11.4 Å². The number of benzene rings is 1. The molecule has 6 heteroatoms. The zero-order valence-corrected chi connectivity index (χ0v) is 10.4. The van der Waals surface area contributed by atoms with Crippen LogP contribution in [0.15, 0.2) is 24.3 Å². The Morgan fingerprint density at radius 1 is 1.33 bits per heavy atom. The third-order valence-electron chi connectivity index (χ3n) is 2.82. The van der Waals surface area contributed by atoms with Crippen LogP contribution in [0.3, 0.4) is 0 Å². The number of alkyl halides is 3. The second-order valence-corrected chi connectivity index (χ2v) is 4.80. The summed E-state index contributed by atoms with van der Waals surface area (Å²) in [6, 6.07) is 6.66. The molecule has 1 aromatic carbocycles. The molecule has 2 rings (SSSR count). The Kier molecular flexibility index (Phi) is 3.47. The summed E-state index contributed by atoms with van der Waals surface area (Å²) in [7, 11) is 0. The molecule has 0 aliphatic heterocycles. The van der Waals surface area contributed by atoms with E-state index in [1.54, 1.807) is 24.3 Å². The molecule has 18 heavy (non-hydrogen) atoms. The lowest BCUT2D eigenvalue weighted by molar-refractivity contribution is -0.120. The summed E-state index contributed by atoms with van der Waals surface area (Å²) < 4.78 is 37.8. The SMILES string of the molecule is NC(=S)c1ccccc1N(CC(F)(F)F)C1CC1. The van der Waals surface area contributed by atoms with E-state index < -0.39 is 12.7 Å². The standard InChI is InChI=1S/C12H13F3N2S/c13-12(14,15)7-17(8-5-6-8)10-4-2-1-3-9(10)11(16)18/h1-4,8H,5-7H2,(H2,16,18). The highest BCUT2D eigenvalue weighted by molar-refractivity contribution is 7.80. The zero-order chi connectivity index (χ0) is 13.3. The van der Waals surface area contributed by atoms with Crippen LogP contribution in [0.25, 0.3) is 0 Å². The van der Waals surface area contributed by atoms with Gasteiger partial charge in [0.1, 0.15) is 11.5 Å². The molecular formula is C12H13F3N2S. The monoisotopic (exact) mass is 274 g/mol. The van der Waals surface area contributed by atoms with Gasteiger partial charge in [-0.3, -0.25) is 0 Å². The summed E-state index contributed by atoms with van der Waals surface area (Å²) in [5.41, 5.74) is 6.54. The fraction of sp³-hybridized carbons (Fsp3) is 0.417. The average molecular weight is 274 g/mol. The lowest BCUT2D eigenvalue weighted by Gasteiger charge is -2.27. The topological polar surface area (TPSA) is 29.3 Å². The van der Waals surface area contributed by atoms with E-state index in [2.05, 4.69) is 0 Å². The van der Waals surface area contributed by atoms with E-state index in [1.165, 1.54) is 4.90 Å². The summed E-state index contributed by atoms with van der Waals surface area (Å²) in [6.07, 6.45) is -2.67. The second kappa shape index (κ2) is 4.76. The van der Waals surface area contributed by atoms with Crippen molar-refractivity contribution in [1.82, 2.24) is 0 Å². The molecule has 1 aromatic rings. The molecule has 0 bridgehead atoms. The van der Waals surface area contributed by atoms with Crippen LogP contribution in [0.4, 0.5) is 18.9 Å². The van der Waals surface area contributed by atoms with Gasteiger partial charge in [0.2, 0.25) is 0 Å². The van der Waals surface area contributed by atoms with Gasteiger partial charge in [-0.05, 0) is 25.0 Å². The Bertz CT molecular complexity index is 455. The third kappa shape index (κ3) is 3.13. The normalized spacial score (nSPS) is 15.5. The average Bonchev–Trinajstić information content (AvgIpc) is 3.08. The smallest absolute Gasteiger partial charge is 0.389 e. The summed E-state index contributed by atoms with van der Waals surface area (Å²) in [4.78, 5) is 1.48. The van der Waals surface area contributed by atoms with Crippen molar-refractivity contribution in [3.8, 4) is 0 Å². The first kappa shape index (κ1) is 13.1. The zero-order valence-electron chi connectivity index (χ0n) is 9.57. The van der Waals surface area contributed by atoms with Gasteiger partial charge in [-0.2, -0.15) is 13.2 Å². The number of hydrogen-bond donors (Lipinski definition) is 1. The molecule has 1 aliphatic carbocycles. The first-order valence-corrected chi connectivity index (χ1v) is 6.01. The Morgan fingerprint density at radius 2 is 1.94 bits per heavy atom. The van der Waals surface area contributed by atoms with E-state index >= 15 is 0 Å². The minimum absolute atomic E-state index is 0.0536. The molecule has 2 N–H and O–H groups in total. The molecule has 0 atom stereocenters. The van der Waals surface area contributed by atoms with E-state index in [9.17, 15) is 13.2 Å². The maximum atomic E-state index is 12.6. The molecule has 98 valence electrons. The Morgan fingerprint density at radius 3 is 2.44 bits per heavy atom. The molecule has 0 amide bonds. The molecule has 2 nitrogen and oxygen atoms in total. The number of para-hydroxylation sites is 1. The molecule has 0 heterocycles. The number of anilines is 1. The van der Waals surface area contributed by atoms with Gasteiger partial charge < -0.3 is 10.6 Å². The maximum absolute atomic E-state index is 12.6. The fourth-order valence-corrected chi connectivity index (χ4v) is 2.10. The molecule has 0 saturated heterocycles. The quantitative estimate of drug-likeness (QED) is 0.856.